The predicted octanol–water partition coefficient (Wildman–Crippen LogP) is 0.744. The first kappa shape index (κ1) is 14.0. The minimum absolute atomic E-state index is 0.0778. The molecule has 0 unspecified atom stereocenters. The van der Waals surface area contributed by atoms with Crippen molar-refractivity contribution in [2.45, 2.75) is 51.1 Å². The Labute approximate surface area is 114 Å². The van der Waals surface area contributed by atoms with Crippen LogP contribution in [0.4, 0.5) is 0 Å². The van der Waals surface area contributed by atoms with Gasteiger partial charge in [0.2, 0.25) is 5.91 Å². The van der Waals surface area contributed by atoms with E-state index in [2.05, 4.69) is 20.8 Å². The normalized spacial score (nSPS) is 17.1. The second kappa shape index (κ2) is 7.23. The van der Waals surface area contributed by atoms with Crippen LogP contribution in [0.5, 0.6) is 0 Å². The number of rotatable bonds is 5. The van der Waals surface area contributed by atoms with Gasteiger partial charge in [0.1, 0.15) is 12.2 Å². The average molecular weight is 265 g/mol. The zero-order valence-corrected chi connectivity index (χ0v) is 11.6. The molecule has 0 bridgehead atoms. The van der Waals surface area contributed by atoms with E-state index in [4.69, 9.17) is 0 Å². The van der Waals surface area contributed by atoms with Crippen molar-refractivity contribution in [3.63, 3.8) is 0 Å². The number of aromatic nitrogens is 3. The summed E-state index contributed by atoms with van der Waals surface area (Å²) in [6.45, 7) is 0.901. The molecule has 1 heterocycles. The van der Waals surface area contributed by atoms with Crippen molar-refractivity contribution in [3.8, 4) is 0 Å². The summed E-state index contributed by atoms with van der Waals surface area (Å²) < 4.78 is 1.84. The highest BCUT2D eigenvalue weighted by Crippen LogP contribution is 2.16. The van der Waals surface area contributed by atoms with E-state index in [1.165, 1.54) is 25.7 Å². The summed E-state index contributed by atoms with van der Waals surface area (Å²) in [5.74, 6) is 0.913. The predicted molar refractivity (Wildman–Crippen MR) is 72.3 cm³/mol. The maximum absolute atomic E-state index is 11.8. The molecule has 0 atom stereocenters. The fraction of sp³-hybridized carbons (Fsp3) is 0.769. The first-order chi connectivity index (χ1) is 9.25. The van der Waals surface area contributed by atoms with E-state index >= 15 is 0 Å². The lowest BCUT2D eigenvalue weighted by molar-refractivity contribution is -0.121. The van der Waals surface area contributed by atoms with Gasteiger partial charge in [-0.3, -0.25) is 4.79 Å². The van der Waals surface area contributed by atoms with Crippen LogP contribution in [-0.4, -0.2) is 33.3 Å². The van der Waals surface area contributed by atoms with Crippen LogP contribution in [0.25, 0.3) is 0 Å². The van der Waals surface area contributed by atoms with Crippen LogP contribution < -0.4 is 10.6 Å². The molecular formula is C13H23N5O. The zero-order valence-electron chi connectivity index (χ0n) is 11.6. The molecule has 1 aliphatic rings. The molecule has 6 nitrogen and oxygen atoms in total. The maximum atomic E-state index is 11.8. The molecular weight excluding hydrogens is 242 g/mol. The largest absolute Gasteiger partial charge is 0.352 e. The Balaban J connectivity index is 1.65. The van der Waals surface area contributed by atoms with E-state index in [0.29, 0.717) is 19.1 Å². The van der Waals surface area contributed by atoms with Crippen molar-refractivity contribution in [1.82, 2.24) is 25.4 Å². The molecule has 19 heavy (non-hydrogen) atoms. The topological polar surface area (TPSA) is 71.8 Å². The van der Waals surface area contributed by atoms with E-state index in [0.717, 1.165) is 18.7 Å². The van der Waals surface area contributed by atoms with Crippen LogP contribution in [0.15, 0.2) is 6.33 Å². The minimum atomic E-state index is 0.0778. The number of hydrogen-bond acceptors (Lipinski definition) is 4. The molecule has 1 amide bonds. The standard InChI is InChI=1S/C13H23N5O/c1-18-10-15-17-12(18)8-14-9-13(19)16-11-6-4-2-3-5-7-11/h10-11,14H,2-9H2,1H3,(H,16,19). The summed E-state index contributed by atoms with van der Waals surface area (Å²) >= 11 is 0. The van der Waals surface area contributed by atoms with Gasteiger partial charge in [0, 0.05) is 13.1 Å². The molecule has 2 rings (SSSR count). The Bertz CT molecular complexity index is 395. The van der Waals surface area contributed by atoms with E-state index in [9.17, 15) is 4.79 Å². The molecule has 1 aromatic heterocycles. The molecule has 1 fully saturated rings. The van der Waals surface area contributed by atoms with E-state index in [1.54, 1.807) is 6.33 Å². The lowest BCUT2D eigenvalue weighted by Crippen LogP contribution is -2.40. The fourth-order valence-corrected chi connectivity index (χ4v) is 2.46. The van der Waals surface area contributed by atoms with Gasteiger partial charge in [-0.1, -0.05) is 25.7 Å². The zero-order chi connectivity index (χ0) is 13.5. The van der Waals surface area contributed by atoms with Crippen LogP contribution >= 0.6 is 0 Å². The Morgan fingerprint density at radius 3 is 2.74 bits per heavy atom. The SMILES string of the molecule is Cn1cnnc1CNCC(=O)NC1CCCCCC1. The molecule has 0 saturated heterocycles. The summed E-state index contributed by atoms with van der Waals surface area (Å²) in [5, 5.41) is 14.0. The second-order valence-electron chi connectivity index (χ2n) is 5.22. The lowest BCUT2D eigenvalue weighted by atomic mass is 10.1. The number of amides is 1. The second-order valence-corrected chi connectivity index (χ2v) is 5.22. The molecule has 106 valence electrons. The smallest absolute Gasteiger partial charge is 0.234 e. The molecule has 0 radical (unpaired) electrons. The summed E-state index contributed by atoms with van der Waals surface area (Å²) in [6, 6.07) is 0.367. The van der Waals surface area contributed by atoms with Crippen LogP contribution in [-0.2, 0) is 18.4 Å². The molecule has 0 aromatic carbocycles. The monoisotopic (exact) mass is 265 g/mol. The van der Waals surface area contributed by atoms with Crippen molar-refractivity contribution in [2.24, 2.45) is 7.05 Å². The Morgan fingerprint density at radius 1 is 1.37 bits per heavy atom. The van der Waals surface area contributed by atoms with Gasteiger partial charge in [0.05, 0.1) is 13.1 Å². The highest BCUT2D eigenvalue weighted by atomic mass is 16.1. The number of nitrogens with zero attached hydrogens (tertiary/aromatic N) is 3. The quantitative estimate of drug-likeness (QED) is 0.770. The third kappa shape index (κ3) is 4.63. The van der Waals surface area contributed by atoms with Crippen LogP contribution in [0.3, 0.4) is 0 Å². The molecule has 1 aliphatic carbocycles. The number of aryl methyl sites for hydroxylation is 1. The van der Waals surface area contributed by atoms with Crippen LogP contribution in [0, 0.1) is 0 Å². The molecule has 2 N–H and O–H groups in total. The van der Waals surface area contributed by atoms with Crippen molar-refractivity contribution >= 4 is 5.91 Å². The Hall–Kier alpha value is -1.43. The minimum Gasteiger partial charge on any atom is -0.352 e. The number of nitrogens with one attached hydrogen (secondary N) is 2. The molecule has 1 aromatic rings. The van der Waals surface area contributed by atoms with Crippen molar-refractivity contribution in [3.05, 3.63) is 12.2 Å². The number of carbonyl (C=O) groups is 1. The summed E-state index contributed by atoms with van der Waals surface area (Å²) in [5.41, 5.74) is 0. The number of carbonyl (C=O) groups excluding carboxylic acids is 1. The van der Waals surface area contributed by atoms with E-state index in [1.807, 2.05) is 11.6 Å². The van der Waals surface area contributed by atoms with E-state index in [-0.39, 0.29) is 5.91 Å². The summed E-state index contributed by atoms with van der Waals surface area (Å²) in [4.78, 5) is 11.8. The third-order valence-electron chi connectivity index (χ3n) is 3.59. The number of hydrogen-bond donors (Lipinski definition) is 2. The highest BCUT2D eigenvalue weighted by Gasteiger charge is 2.14. The van der Waals surface area contributed by atoms with Crippen molar-refractivity contribution in [1.29, 1.82) is 0 Å². The first-order valence-corrected chi connectivity index (χ1v) is 7.08. The average Bonchev–Trinajstić information content (AvgIpc) is 2.65. The van der Waals surface area contributed by atoms with Gasteiger partial charge in [-0.25, -0.2) is 0 Å². The van der Waals surface area contributed by atoms with Gasteiger partial charge in [-0.2, -0.15) is 0 Å². The highest BCUT2D eigenvalue weighted by molar-refractivity contribution is 5.78. The maximum Gasteiger partial charge on any atom is 0.234 e. The Kier molecular flexibility index (Phi) is 5.32. The molecule has 6 heteroatoms. The molecule has 1 saturated carbocycles. The van der Waals surface area contributed by atoms with E-state index < -0.39 is 0 Å². The van der Waals surface area contributed by atoms with Gasteiger partial charge in [-0.15, -0.1) is 10.2 Å². The fourth-order valence-electron chi connectivity index (χ4n) is 2.46. The van der Waals surface area contributed by atoms with Gasteiger partial charge < -0.3 is 15.2 Å². The van der Waals surface area contributed by atoms with Crippen LogP contribution in [0.2, 0.25) is 0 Å². The van der Waals surface area contributed by atoms with Gasteiger partial charge in [0.15, 0.2) is 0 Å². The van der Waals surface area contributed by atoms with Crippen molar-refractivity contribution < 1.29 is 4.79 Å². The van der Waals surface area contributed by atoms with Gasteiger partial charge in [0.25, 0.3) is 0 Å². The van der Waals surface area contributed by atoms with Gasteiger partial charge >= 0.3 is 0 Å². The lowest BCUT2D eigenvalue weighted by Gasteiger charge is -2.16. The molecule has 0 spiro atoms. The first-order valence-electron chi connectivity index (χ1n) is 7.08. The molecule has 0 aliphatic heterocycles. The van der Waals surface area contributed by atoms with Crippen molar-refractivity contribution in [2.75, 3.05) is 6.54 Å². The Morgan fingerprint density at radius 2 is 2.11 bits per heavy atom. The summed E-state index contributed by atoms with van der Waals surface area (Å²) in [7, 11) is 1.89. The third-order valence-corrected chi connectivity index (χ3v) is 3.59. The van der Waals surface area contributed by atoms with Crippen LogP contribution in [0.1, 0.15) is 44.3 Å². The van der Waals surface area contributed by atoms with Gasteiger partial charge in [-0.05, 0) is 12.8 Å². The summed E-state index contributed by atoms with van der Waals surface area (Å²) in [6.07, 6.45) is 8.97.